The summed E-state index contributed by atoms with van der Waals surface area (Å²) in [7, 11) is 0. The van der Waals surface area contributed by atoms with Crippen molar-refractivity contribution in [3.63, 3.8) is 0 Å². The van der Waals surface area contributed by atoms with Gasteiger partial charge in [-0.15, -0.1) is 0 Å². The monoisotopic (exact) mass is 344 g/mol. The number of ether oxygens (including phenoxy) is 2. The third kappa shape index (κ3) is 1.91. The summed E-state index contributed by atoms with van der Waals surface area (Å²) in [5.74, 6) is -12.1. The summed E-state index contributed by atoms with van der Waals surface area (Å²) < 4.78 is 79.7. The van der Waals surface area contributed by atoms with Gasteiger partial charge in [0.2, 0.25) is 0 Å². The average Bonchev–Trinajstić information content (AvgIpc) is 2.84. The van der Waals surface area contributed by atoms with Crippen molar-refractivity contribution >= 4 is 0 Å². The molecule has 2 saturated carbocycles. The fraction of sp³-hybridized carbons (Fsp3) is 1.00. The summed E-state index contributed by atoms with van der Waals surface area (Å²) in [5.41, 5.74) is -2.37. The van der Waals surface area contributed by atoms with Crippen LogP contribution in [0.5, 0.6) is 0 Å². The maximum Gasteiger partial charge on any atom is 0.449 e. The smallest absolute Gasteiger partial charge is 0.354 e. The van der Waals surface area contributed by atoms with Gasteiger partial charge in [-0.05, 0) is 50.4 Å². The topological polar surface area (TPSA) is 38.7 Å². The largest absolute Gasteiger partial charge is 0.449 e. The van der Waals surface area contributed by atoms with Gasteiger partial charge in [-0.3, -0.25) is 0 Å². The molecule has 1 spiro atoms. The molecule has 2 aliphatic carbocycles. The molecule has 0 radical (unpaired) electrons. The lowest BCUT2D eigenvalue weighted by Crippen LogP contribution is -2.78. The molecule has 2 bridgehead atoms. The Kier molecular flexibility index (Phi) is 3.30. The SMILES string of the molecule is CC1C2CC(C1C)C1(C2)OC(C)(C)OC(O)(C(F)(F)F)C1(F)F. The zero-order valence-corrected chi connectivity index (χ0v) is 13.4. The van der Waals surface area contributed by atoms with Crippen molar-refractivity contribution in [3.8, 4) is 0 Å². The van der Waals surface area contributed by atoms with Crippen molar-refractivity contribution in [2.45, 2.75) is 69.8 Å². The van der Waals surface area contributed by atoms with E-state index in [0.29, 0.717) is 6.42 Å². The van der Waals surface area contributed by atoms with E-state index in [-0.39, 0.29) is 24.2 Å². The van der Waals surface area contributed by atoms with Crippen LogP contribution < -0.4 is 0 Å². The number of hydrogen-bond donors (Lipinski definition) is 1. The molecular formula is C15H21F5O3. The normalized spacial score (nSPS) is 51.4. The van der Waals surface area contributed by atoms with Crippen LogP contribution in [0.1, 0.15) is 40.5 Å². The van der Waals surface area contributed by atoms with Gasteiger partial charge in [0.1, 0.15) is 5.60 Å². The standard InChI is InChI=1S/C15H21F5O3/c1-7-8(2)10-5-9(7)6-12(10)13(16,17)14(21,15(18,19)20)23-11(3,4)22-12/h7-10,21H,5-6H2,1-4H3. The molecule has 0 aromatic rings. The molecule has 0 aromatic carbocycles. The molecule has 23 heavy (non-hydrogen) atoms. The highest BCUT2D eigenvalue weighted by Crippen LogP contribution is 2.68. The van der Waals surface area contributed by atoms with Crippen LogP contribution in [-0.2, 0) is 9.47 Å². The van der Waals surface area contributed by atoms with Gasteiger partial charge in [-0.25, -0.2) is 0 Å². The Labute approximate surface area is 131 Å². The fourth-order valence-electron chi connectivity index (χ4n) is 4.92. The van der Waals surface area contributed by atoms with E-state index in [1.165, 1.54) is 0 Å². The number of hydrogen-bond acceptors (Lipinski definition) is 3. The van der Waals surface area contributed by atoms with Crippen LogP contribution in [0.4, 0.5) is 22.0 Å². The quantitative estimate of drug-likeness (QED) is 0.681. The van der Waals surface area contributed by atoms with E-state index < -0.39 is 35.2 Å². The van der Waals surface area contributed by atoms with E-state index in [4.69, 9.17) is 4.74 Å². The van der Waals surface area contributed by atoms with Crippen molar-refractivity contribution in [1.82, 2.24) is 0 Å². The summed E-state index contributed by atoms with van der Waals surface area (Å²) in [6.45, 7) is 5.92. The van der Waals surface area contributed by atoms with Gasteiger partial charge in [-0.1, -0.05) is 13.8 Å². The maximum atomic E-state index is 15.0. The molecule has 0 amide bonds. The van der Waals surface area contributed by atoms with Gasteiger partial charge in [0.05, 0.1) is 0 Å². The van der Waals surface area contributed by atoms with Crippen LogP contribution in [0.25, 0.3) is 0 Å². The minimum Gasteiger partial charge on any atom is -0.354 e. The molecule has 3 rings (SSSR count). The maximum absolute atomic E-state index is 15.0. The minimum atomic E-state index is -5.64. The van der Waals surface area contributed by atoms with Crippen LogP contribution in [0.15, 0.2) is 0 Å². The van der Waals surface area contributed by atoms with E-state index in [1.54, 1.807) is 6.92 Å². The Hall–Kier alpha value is -0.470. The van der Waals surface area contributed by atoms with E-state index in [0.717, 1.165) is 13.8 Å². The van der Waals surface area contributed by atoms with Crippen molar-refractivity contribution in [3.05, 3.63) is 0 Å². The second-order valence-corrected chi connectivity index (χ2v) is 7.73. The van der Waals surface area contributed by atoms with E-state index in [2.05, 4.69) is 4.74 Å². The van der Waals surface area contributed by atoms with Crippen LogP contribution in [-0.4, -0.2) is 34.4 Å². The minimum absolute atomic E-state index is 0.134. The molecule has 1 saturated heterocycles. The summed E-state index contributed by atoms with van der Waals surface area (Å²) in [5, 5.41) is 9.90. The van der Waals surface area contributed by atoms with Crippen LogP contribution >= 0.6 is 0 Å². The third-order valence-corrected chi connectivity index (χ3v) is 6.09. The molecule has 0 aromatic heterocycles. The van der Waals surface area contributed by atoms with E-state index in [9.17, 15) is 27.1 Å². The molecule has 3 fully saturated rings. The Bertz CT molecular complexity index is 518. The lowest BCUT2D eigenvalue weighted by molar-refractivity contribution is -0.547. The number of fused-ring (bicyclic) bond motifs is 3. The predicted molar refractivity (Wildman–Crippen MR) is 69.5 cm³/mol. The van der Waals surface area contributed by atoms with Gasteiger partial charge < -0.3 is 14.6 Å². The first-order chi connectivity index (χ1) is 10.2. The first-order valence-electron chi connectivity index (χ1n) is 7.76. The van der Waals surface area contributed by atoms with Crippen molar-refractivity contribution < 1.29 is 36.5 Å². The van der Waals surface area contributed by atoms with Crippen molar-refractivity contribution in [1.29, 1.82) is 0 Å². The van der Waals surface area contributed by atoms with Gasteiger partial charge >= 0.3 is 17.9 Å². The number of alkyl halides is 5. The van der Waals surface area contributed by atoms with Gasteiger partial charge in [0.25, 0.3) is 0 Å². The Balaban J connectivity index is 2.14. The summed E-state index contributed by atoms with van der Waals surface area (Å²) >= 11 is 0. The first kappa shape index (κ1) is 17.4. The lowest BCUT2D eigenvalue weighted by Gasteiger charge is -2.58. The van der Waals surface area contributed by atoms with E-state index in [1.807, 2.05) is 6.92 Å². The average molecular weight is 344 g/mol. The van der Waals surface area contributed by atoms with Crippen LogP contribution in [0.2, 0.25) is 0 Å². The molecule has 3 aliphatic rings. The second kappa shape index (κ2) is 4.38. The predicted octanol–water partition coefficient (Wildman–Crippen LogP) is 3.71. The molecule has 6 unspecified atom stereocenters. The number of halogens is 5. The van der Waals surface area contributed by atoms with Crippen LogP contribution in [0, 0.1) is 23.7 Å². The second-order valence-electron chi connectivity index (χ2n) is 7.73. The molecule has 134 valence electrons. The van der Waals surface area contributed by atoms with E-state index >= 15 is 0 Å². The Morgan fingerprint density at radius 3 is 2.04 bits per heavy atom. The summed E-state index contributed by atoms with van der Waals surface area (Å²) in [6, 6.07) is 0. The fourth-order valence-corrected chi connectivity index (χ4v) is 4.92. The molecule has 8 heteroatoms. The van der Waals surface area contributed by atoms with Crippen LogP contribution in [0.3, 0.4) is 0 Å². The van der Waals surface area contributed by atoms with Gasteiger partial charge in [0, 0.05) is 0 Å². The highest BCUT2D eigenvalue weighted by molar-refractivity contribution is 5.19. The Morgan fingerprint density at radius 1 is 1.04 bits per heavy atom. The molecule has 1 heterocycles. The first-order valence-corrected chi connectivity index (χ1v) is 7.76. The zero-order valence-electron chi connectivity index (χ0n) is 13.4. The number of aliphatic hydroxyl groups is 1. The molecule has 6 atom stereocenters. The van der Waals surface area contributed by atoms with Crippen molar-refractivity contribution in [2.24, 2.45) is 23.7 Å². The highest BCUT2D eigenvalue weighted by Gasteiger charge is 2.86. The zero-order chi connectivity index (χ0) is 17.6. The Morgan fingerprint density at radius 2 is 1.61 bits per heavy atom. The summed E-state index contributed by atoms with van der Waals surface area (Å²) in [6.07, 6.45) is -5.47. The lowest BCUT2D eigenvalue weighted by atomic mass is 9.67. The van der Waals surface area contributed by atoms with Crippen molar-refractivity contribution in [2.75, 3.05) is 0 Å². The van der Waals surface area contributed by atoms with Gasteiger partial charge in [-0.2, -0.15) is 22.0 Å². The molecule has 3 nitrogen and oxygen atoms in total. The third-order valence-electron chi connectivity index (χ3n) is 6.09. The number of rotatable bonds is 0. The molecule has 1 N–H and O–H groups in total. The summed E-state index contributed by atoms with van der Waals surface area (Å²) in [4.78, 5) is 0. The highest BCUT2D eigenvalue weighted by atomic mass is 19.4. The van der Waals surface area contributed by atoms with Gasteiger partial charge in [0.15, 0.2) is 5.79 Å². The molecular weight excluding hydrogens is 323 g/mol. The molecule has 1 aliphatic heterocycles.